The average molecular weight is 403 g/mol. The number of carbonyl (C=O) groups excluding carboxylic acids is 3. The zero-order valence-electron chi connectivity index (χ0n) is 13.6. The molecule has 0 radical (unpaired) electrons. The van der Waals surface area contributed by atoms with Crippen LogP contribution in [0.1, 0.15) is 17.3 Å². The Bertz CT molecular complexity index is 620. The number of carbonyl (C=O) groups is 3. The summed E-state index contributed by atoms with van der Waals surface area (Å²) in [6.07, 6.45) is 0. The van der Waals surface area contributed by atoms with Gasteiger partial charge < -0.3 is 24.8 Å². The van der Waals surface area contributed by atoms with E-state index in [0.29, 0.717) is 22.6 Å². The van der Waals surface area contributed by atoms with Crippen molar-refractivity contribution in [2.75, 3.05) is 33.9 Å². The van der Waals surface area contributed by atoms with E-state index in [2.05, 4.69) is 26.6 Å². The second kappa shape index (κ2) is 9.76. The van der Waals surface area contributed by atoms with Crippen molar-refractivity contribution in [3.8, 4) is 11.5 Å². The van der Waals surface area contributed by atoms with Crippen molar-refractivity contribution in [2.24, 2.45) is 0 Å². The van der Waals surface area contributed by atoms with E-state index < -0.39 is 18.5 Å². The molecule has 0 fully saturated rings. The molecule has 9 heteroatoms. The van der Waals surface area contributed by atoms with Crippen LogP contribution in [0.3, 0.4) is 0 Å². The maximum Gasteiger partial charge on any atom is 0.338 e. The summed E-state index contributed by atoms with van der Waals surface area (Å²) in [5, 5.41) is 4.67. The van der Waals surface area contributed by atoms with E-state index in [4.69, 9.17) is 14.2 Å². The van der Waals surface area contributed by atoms with E-state index >= 15 is 0 Å². The number of amides is 2. The van der Waals surface area contributed by atoms with Gasteiger partial charge in [-0.2, -0.15) is 0 Å². The summed E-state index contributed by atoms with van der Waals surface area (Å²) in [6.45, 7) is 1.58. The first kappa shape index (κ1) is 19.8. The Morgan fingerprint density at radius 3 is 2.50 bits per heavy atom. The largest absolute Gasteiger partial charge is 0.493 e. The van der Waals surface area contributed by atoms with Gasteiger partial charge in [-0.05, 0) is 35.0 Å². The van der Waals surface area contributed by atoms with Gasteiger partial charge in [-0.25, -0.2) is 4.79 Å². The highest BCUT2D eigenvalue weighted by molar-refractivity contribution is 9.10. The molecule has 0 aliphatic carbocycles. The highest BCUT2D eigenvalue weighted by Gasteiger charge is 2.17. The number of rotatable bonds is 8. The number of halogens is 1. The summed E-state index contributed by atoms with van der Waals surface area (Å²) in [5.41, 5.74) is 0.196. The van der Waals surface area contributed by atoms with Gasteiger partial charge in [-0.3, -0.25) is 9.59 Å². The molecule has 0 aliphatic heterocycles. The van der Waals surface area contributed by atoms with Gasteiger partial charge in [-0.15, -0.1) is 0 Å². The Labute approximate surface area is 148 Å². The fourth-order valence-corrected chi connectivity index (χ4v) is 2.21. The lowest BCUT2D eigenvalue weighted by Crippen LogP contribution is -2.37. The molecule has 0 atom stereocenters. The lowest BCUT2D eigenvalue weighted by Gasteiger charge is -2.13. The number of methoxy groups -OCH3 is 1. The Hall–Kier alpha value is -2.29. The fourth-order valence-electron chi connectivity index (χ4n) is 1.65. The molecule has 0 bridgehead atoms. The summed E-state index contributed by atoms with van der Waals surface area (Å²) >= 11 is 3.30. The quantitative estimate of drug-likeness (QED) is 0.625. The van der Waals surface area contributed by atoms with E-state index in [0.717, 1.165) is 0 Å². The van der Waals surface area contributed by atoms with Crippen molar-refractivity contribution in [3.63, 3.8) is 0 Å². The SMILES string of the molecule is CCOc1c(Br)cc(C(=O)OCC(=O)NCC(=O)NC)cc1OC. The van der Waals surface area contributed by atoms with Crippen molar-refractivity contribution < 1.29 is 28.6 Å². The van der Waals surface area contributed by atoms with E-state index in [9.17, 15) is 14.4 Å². The van der Waals surface area contributed by atoms with Crippen molar-refractivity contribution in [2.45, 2.75) is 6.92 Å². The fraction of sp³-hybridized carbons (Fsp3) is 0.400. The topological polar surface area (TPSA) is 103 Å². The molecule has 132 valence electrons. The van der Waals surface area contributed by atoms with Gasteiger partial charge in [0, 0.05) is 7.05 Å². The van der Waals surface area contributed by atoms with Gasteiger partial charge in [0.25, 0.3) is 5.91 Å². The van der Waals surface area contributed by atoms with Crippen LogP contribution in [0.2, 0.25) is 0 Å². The van der Waals surface area contributed by atoms with Gasteiger partial charge in [0.15, 0.2) is 18.1 Å². The maximum atomic E-state index is 12.0. The van der Waals surface area contributed by atoms with Gasteiger partial charge in [0.1, 0.15) is 0 Å². The van der Waals surface area contributed by atoms with Crippen LogP contribution in [0.15, 0.2) is 16.6 Å². The van der Waals surface area contributed by atoms with E-state index in [1.807, 2.05) is 6.92 Å². The number of hydrogen-bond donors (Lipinski definition) is 2. The first-order valence-corrected chi connectivity index (χ1v) is 7.86. The molecule has 0 saturated carbocycles. The van der Waals surface area contributed by atoms with Crippen molar-refractivity contribution in [3.05, 3.63) is 22.2 Å². The molecule has 2 N–H and O–H groups in total. The summed E-state index contributed by atoms with van der Waals surface area (Å²) in [4.78, 5) is 34.5. The molecule has 24 heavy (non-hydrogen) atoms. The van der Waals surface area contributed by atoms with Crippen LogP contribution in [0, 0.1) is 0 Å². The Kier molecular flexibility index (Phi) is 8.03. The van der Waals surface area contributed by atoms with Crippen molar-refractivity contribution in [1.29, 1.82) is 0 Å². The molecular weight excluding hydrogens is 384 g/mol. The first-order valence-electron chi connectivity index (χ1n) is 7.07. The van der Waals surface area contributed by atoms with E-state index in [1.54, 1.807) is 0 Å². The Morgan fingerprint density at radius 1 is 1.21 bits per heavy atom. The smallest absolute Gasteiger partial charge is 0.338 e. The minimum Gasteiger partial charge on any atom is -0.493 e. The third kappa shape index (κ3) is 5.73. The predicted octanol–water partition coefficient (Wildman–Crippen LogP) is 0.875. The molecule has 0 spiro atoms. The second-order valence-corrected chi connectivity index (χ2v) is 5.30. The lowest BCUT2D eigenvalue weighted by molar-refractivity contribution is -0.127. The molecule has 2 amide bonds. The third-order valence-corrected chi connectivity index (χ3v) is 3.40. The summed E-state index contributed by atoms with van der Waals surface area (Å²) in [5.74, 6) is -0.798. The predicted molar refractivity (Wildman–Crippen MR) is 89.2 cm³/mol. The molecule has 1 aromatic rings. The summed E-state index contributed by atoms with van der Waals surface area (Å²) < 4.78 is 16.1. The van der Waals surface area contributed by atoms with Crippen molar-refractivity contribution >= 4 is 33.7 Å². The zero-order valence-corrected chi connectivity index (χ0v) is 15.2. The van der Waals surface area contributed by atoms with Crippen LogP contribution >= 0.6 is 15.9 Å². The van der Waals surface area contributed by atoms with E-state index in [1.165, 1.54) is 26.3 Å². The number of ether oxygens (including phenoxy) is 3. The standard InChI is InChI=1S/C15H19BrN2O6/c1-4-23-14-10(16)5-9(6-11(14)22-3)15(21)24-8-13(20)18-7-12(19)17-2/h5-6H,4,7-8H2,1-3H3,(H,17,19)(H,18,20). The van der Waals surface area contributed by atoms with Crippen LogP contribution in [0.4, 0.5) is 0 Å². The van der Waals surface area contributed by atoms with Crippen LogP contribution in [-0.4, -0.2) is 51.7 Å². The Balaban J connectivity index is 2.69. The Morgan fingerprint density at radius 2 is 1.92 bits per heavy atom. The first-order chi connectivity index (χ1) is 11.4. The molecule has 0 aromatic heterocycles. The molecule has 0 unspecified atom stereocenters. The number of nitrogens with one attached hydrogen (secondary N) is 2. The zero-order chi connectivity index (χ0) is 18.1. The second-order valence-electron chi connectivity index (χ2n) is 4.45. The molecular formula is C15H19BrN2O6. The molecule has 0 heterocycles. The highest BCUT2D eigenvalue weighted by atomic mass is 79.9. The van der Waals surface area contributed by atoms with Crippen LogP contribution in [0.25, 0.3) is 0 Å². The van der Waals surface area contributed by atoms with Gasteiger partial charge >= 0.3 is 5.97 Å². The maximum absolute atomic E-state index is 12.0. The van der Waals surface area contributed by atoms with Crippen molar-refractivity contribution in [1.82, 2.24) is 10.6 Å². The van der Waals surface area contributed by atoms with Crippen LogP contribution in [-0.2, 0) is 14.3 Å². The number of esters is 1. The van der Waals surface area contributed by atoms with E-state index in [-0.39, 0.29) is 18.0 Å². The van der Waals surface area contributed by atoms with Crippen LogP contribution < -0.4 is 20.1 Å². The molecule has 0 aliphatic rings. The minimum atomic E-state index is -0.702. The molecule has 1 rings (SSSR count). The molecule has 8 nitrogen and oxygen atoms in total. The molecule has 0 saturated heterocycles. The molecule has 1 aromatic carbocycles. The third-order valence-electron chi connectivity index (χ3n) is 2.81. The monoisotopic (exact) mass is 402 g/mol. The summed E-state index contributed by atoms with van der Waals surface area (Å²) in [6, 6.07) is 2.97. The highest BCUT2D eigenvalue weighted by Crippen LogP contribution is 2.36. The lowest BCUT2D eigenvalue weighted by atomic mass is 10.2. The number of likely N-dealkylation sites (N-methyl/N-ethyl adjacent to an activating group) is 1. The minimum absolute atomic E-state index is 0.185. The average Bonchev–Trinajstić information content (AvgIpc) is 2.58. The van der Waals surface area contributed by atoms with Gasteiger partial charge in [-0.1, -0.05) is 0 Å². The number of hydrogen-bond acceptors (Lipinski definition) is 6. The summed E-state index contributed by atoms with van der Waals surface area (Å²) in [7, 11) is 2.90. The normalized spacial score (nSPS) is 9.83. The van der Waals surface area contributed by atoms with Gasteiger partial charge in [0.05, 0.1) is 30.3 Å². The van der Waals surface area contributed by atoms with Crippen LogP contribution in [0.5, 0.6) is 11.5 Å². The number of benzene rings is 1. The van der Waals surface area contributed by atoms with Gasteiger partial charge in [0.2, 0.25) is 5.91 Å².